The van der Waals surface area contributed by atoms with Crippen molar-refractivity contribution in [3.05, 3.63) is 0 Å². The van der Waals surface area contributed by atoms with Crippen LogP contribution in [0.25, 0.3) is 0 Å². The summed E-state index contributed by atoms with van der Waals surface area (Å²) in [6, 6.07) is 0. The van der Waals surface area contributed by atoms with Gasteiger partial charge in [-0.3, -0.25) is 4.18 Å². The van der Waals surface area contributed by atoms with Crippen molar-refractivity contribution in [2.45, 2.75) is 45.6 Å². The van der Waals surface area contributed by atoms with Gasteiger partial charge in [0.1, 0.15) is 0 Å². The molecule has 4 nitrogen and oxygen atoms in total. The fraction of sp³-hybridized carbons (Fsp3) is 1.00. The quantitative estimate of drug-likeness (QED) is 0.783. The van der Waals surface area contributed by atoms with E-state index >= 15 is 0 Å². The Labute approximate surface area is 86.1 Å². The van der Waals surface area contributed by atoms with Crippen molar-refractivity contribution < 1.29 is 12.6 Å². The fourth-order valence-corrected chi connectivity index (χ4v) is 2.61. The molecule has 1 aliphatic carbocycles. The molecule has 1 rings (SSSR count). The van der Waals surface area contributed by atoms with Gasteiger partial charge in [0.15, 0.2) is 0 Å². The SMILES string of the molecule is CC(C)C1CCC(OS(N)(=O)=O)CC1. The molecule has 0 bridgehead atoms. The standard InChI is InChI=1S/C9H19NO3S/c1-7(2)8-3-5-9(6-4-8)13-14(10,11)12/h7-9H,3-6H2,1-2H3,(H2,10,11,12). The van der Waals surface area contributed by atoms with Crippen molar-refractivity contribution in [2.75, 3.05) is 0 Å². The molecule has 0 spiro atoms. The maximum Gasteiger partial charge on any atom is 0.333 e. The second-order valence-corrected chi connectivity index (χ2v) is 5.55. The topological polar surface area (TPSA) is 69.4 Å². The fourth-order valence-electron chi connectivity index (χ4n) is 2.04. The molecule has 0 aliphatic heterocycles. The van der Waals surface area contributed by atoms with Crippen LogP contribution in [0.1, 0.15) is 39.5 Å². The molecular formula is C9H19NO3S. The Bertz CT molecular complexity index is 266. The molecule has 0 atom stereocenters. The molecule has 0 aromatic heterocycles. The molecule has 14 heavy (non-hydrogen) atoms. The van der Waals surface area contributed by atoms with Crippen LogP contribution in [-0.2, 0) is 14.5 Å². The van der Waals surface area contributed by atoms with Gasteiger partial charge in [-0.1, -0.05) is 13.8 Å². The molecule has 0 amide bonds. The monoisotopic (exact) mass is 221 g/mol. The van der Waals surface area contributed by atoms with Gasteiger partial charge in [0.2, 0.25) is 0 Å². The van der Waals surface area contributed by atoms with E-state index in [2.05, 4.69) is 13.8 Å². The minimum atomic E-state index is -3.76. The first kappa shape index (κ1) is 11.9. The van der Waals surface area contributed by atoms with Crippen molar-refractivity contribution in [2.24, 2.45) is 17.0 Å². The van der Waals surface area contributed by atoms with Crippen LogP contribution in [0.5, 0.6) is 0 Å². The molecule has 0 aromatic rings. The van der Waals surface area contributed by atoms with E-state index < -0.39 is 10.3 Å². The largest absolute Gasteiger partial charge is 0.333 e. The van der Waals surface area contributed by atoms with Gasteiger partial charge in [0.05, 0.1) is 6.10 Å². The minimum absolute atomic E-state index is 0.194. The molecule has 1 aliphatic rings. The molecule has 0 radical (unpaired) electrons. The summed E-state index contributed by atoms with van der Waals surface area (Å²) in [7, 11) is -3.76. The lowest BCUT2D eigenvalue weighted by Crippen LogP contribution is -2.29. The lowest BCUT2D eigenvalue weighted by atomic mass is 9.81. The van der Waals surface area contributed by atoms with Gasteiger partial charge in [-0.25, -0.2) is 5.14 Å². The van der Waals surface area contributed by atoms with E-state index in [-0.39, 0.29) is 6.10 Å². The Kier molecular flexibility index (Phi) is 3.92. The van der Waals surface area contributed by atoms with E-state index in [1.807, 2.05) is 0 Å². The summed E-state index contributed by atoms with van der Waals surface area (Å²) < 4.78 is 26.1. The highest BCUT2D eigenvalue weighted by atomic mass is 32.2. The predicted molar refractivity (Wildman–Crippen MR) is 54.8 cm³/mol. The second-order valence-electron chi connectivity index (χ2n) is 4.37. The van der Waals surface area contributed by atoms with Crippen molar-refractivity contribution in [1.82, 2.24) is 0 Å². The van der Waals surface area contributed by atoms with Crippen molar-refractivity contribution in [3.8, 4) is 0 Å². The minimum Gasteiger partial charge on any atom is -0.255 e. The summed E-state index contributed by atoms with van der Waals surface area (Å²) in [5.74, 6) is 1.38. The molecule has 0 saturated heterocycles. The molecule has 0 heterocycles. The predicted octanol–water partition coefficient (Wildman–Crippen LogP) is 1.42. The van der Waals surface area contributed by atoms with Crippen LogP contribution in [0.3, 0.4) is 0 Å². The Morgan fingerprint density at radius 3 is 2.07 bits per heavy atom. The average Bonchev–Trinajstić information content (AvgIpc) is 2.02. The van der Waals surface area contributed by atoms with E-state index in [1.165, 1.54) is 0 Å². The van der Waals surface area contributed by atoms with Gasteiger partial charge in [-0.05, 0) is 37.5 Å². The molecule has 1 fully saturated rings. The van der Waals surface area contributed by atoms with E-state index in [0.717, 1.165) is 25.7 Å². The Hall–Kier alpha value is -0.130. The molecule has 1 saturated carbocycles. The first-order valence-corrected chi connectivity index (χ1v) is 6.56. The highest BCUT2D eigenvalue weighted by Gasteiger charge is 2.25. The Morgan fingerprint density at radius 1 is 1.21 bits per heavy atom. The van der Waals surface area contributed by atoms with Crippen LogP contribution in [0.4, 0.5) is 0 Å². The Morgan fingerprint density at radius 2 is 1.71 bits per heavy atom. The van der Waals surface area contributed by atoms with E-state index in [0.29, 0.717) is 11.8 Å². The van der Waals surface area contributed by atoms with Crippen LogP contribution in [0, 0.1) is 11.8 Å². The van der Waals surface area contributed by atoms with Gasteiger partial charge in [-0.2, -0.15) is 8.42 Å². The van der Waals surface area contributed by atoms with Crippen molar-refractivity contribution >= 4 is 10.3 Å². The third kappa shape index (κ3) is 3.94. The van der Waals surface area contributed by atoms with Crippen LogP contribution in [0.15, 0.2) is 0 Å². The molecular weight excluding hydrogens is 202 g/mol. The zero-order valence-electron chi connectivity index (χ0n) is 8.77. The summed E-state index contributed by atoms with van der Waals surface area (Å²) in [6.07, 6.45) is 3.49. The smallest absolute Gasteiger partial charge is 0.255 e. The van der Waals surface area contributed by atoms with E-state index in [4.69, 9.17) is 9.32 Å². The number of nitrogens with two attached hydrogens (primary N) is 1. The van der Waals surface area contributed by atoms with Crippen LogP contribution >= 0.6 is 0 Å². The van der Waals surface area contributed by atoms with Crippen LogP contribution < -0.4 is 5.14 Å². The third-order valence-electron chi connectivity index (χ3n) is 2.93. The van der Waals surface area contributed by atoms with Gasteiger partial charge in [-0.15, -0.1) is 0 Å². The average molecular weight is 221 g/mol. The first-order valence-electron chi connectivity index (χ1n) is 5.09. The number of hydrogen-bond acceptors (Lipinski definition) is 3. The van der Waals surface area contributed by atoms with Crippen LogP contribution in [0.2, 0.25) is 0 Å². The van der Waals surface area contributed by atoms with E-state index in [1.54, 1.807) is 0 Å². The van der Waals surface area contributed by atoms with Crippen LogP contribution in [-0.4, -0.2) is 14.5 Å². The van der Waals surface area contributed by atoms with E-state index in [9.17, 15) is 8.42 Å². The summed E-state index contributed by atoms with van der Waals surface area (Å²) in [4.78, 5) is 0. The lowest BCUT2D eigenvalue weighted by Gasteiger charge is -2.29. The highest BCUT2D eigenvalue weighted by molar-refractivity contribution is 7.84. The van der Waals surface area contributed by atoms with Crippen molar-refractivity contribution in [1.29, 1.82) is 0 Å². The number of hydrogen-bond donors (Lipinski definition) is 1. The molecule has 84 valence electrons. The highest BCUT2D eigenvalue weighted by Crippen LogP contribution is 2.31. The summed E-state index contributed by atoms with van der Waals surface area (Å²) in [5.41, 5.74) is 0. The van der Waals surface area contributed by atoms with Gasteiger partial charge >= 0.3 is 10.3 Å². The van der Waals surface area contributed by atoms with Gasteiger partial charge in [0, 0.05) is 0 Å². The molecule has 5 heteroatoms. The Balaban J connectivity index is 2.36. The lowest BCUT2D eigenvalue weighted by molar-refractivity contribution is 0.122. The summed E-state index contributed by atoms with van der Waals surface area (Å²) >= 11 is 0. The summed E-state index contributed by atoms with van der Waals surface area (Å²) in [6.45, 7) is 4.40. The first-order chi connectivity index (χ1) is 6.38. The van der Waals surface area contributed by atoms with Gasteiger partial charge in [0.25, 0.3) is 0 Å². The van der Waals surface area contributed by atoms with Gasteiger partial charge < -0.3 is 0 Å². The number of rotatable bonds is 3. The zero-order chi connectivity index (χ0) is 10.8. The maximum atomic E-state index is 10.7. The normalized spacial score (nSPS) is 29.4. The zero-order valence-corrected chi connectivity index (χ0v) is 9.59. The third-order valence-corrected chi connectivity index (χ3v) is 3.47. The molecule has 0 aromatic carbocycles. The second kappa shape index (κ2) is 4.59. The maximum absolute atomic E-state index is 10.7. The molecule has 0 unspecified atom stereocenters. The summed E-state index contributed by atoms with van der Waals surface area (Å²) in [5, 5.41) is 4.81. The molecule has 2 N–H and O–H groups in total. The van der Waals surface area contributed by atoms with Crippen molar-refractivity contribution in [3.63, 3.8) is 0 Å².